The molecule has 19 nitrogen and oxygen atoms in total. The van der Waals surface area contributed by atoms with Gasteiger partial charge in [0.2, 0.25) is 5.78 Å². The standard InChI is InChI=1S/C34H25N9O10S3.3Na/c35-30-18-17-28-29(32(30)42-40-22-5-1-20(2-6-22)36-38-24-9-13-26(14-10-24)54(45,46)47)19-31(56(51,52)53)33(34(28)44)43-41-23-7-3-21(4-8-23)37-39-25-11-15-27(16-12-25)55(48,49)50;;;/h1-19,41H,35H2,(H,45,46,47)(H,48,49,50)(H,51,52,53);;;/q;3*+1/p-3/b38-36?,39-37?,42-40?,43-33+;;;. The van der Waals surface area contributed by atoms with Gasteiger partial charge in [-0.25, -0.2) is 25.3 Å². The average Bonchev–Trinajstić information content (AvgIpc) is 3.15. The van der Waals surface area contributed by atoms with Gasteiger partial charge in [-0.2, -0.15) is 30.7 Å². The summed E-state index contributed by atoms with van der Waals surface area (Å²) in [4.78, 5) is 11.8. The van der Waals surface area contributed by atoms with Gasteiger partial charge in [0.05, 0.1) is 54.5 Å². The molecule has 5 aromatic rings. The molecule has 1 aliphatic carbocycles. The number of carbonyl (C=O) groups excluding carboxylic acids is 1. The maximum absolute atomic E-state index is 13.6. The van der Waals surface area contributed by atoms with E-state index in [-0.39, 0.29) is 128 Å². The number of nitrogens with two attached hydrogens (primary N) is 1. The maximum atomic E-state index is 13.6. The monoisotopic (exact) mass is 881 g/mol. The number of rotatable bonds is 11. The molecule has 0 heterocycles. The van der Waals surface area contributed by atoms with Crippen molar-refractivity contribution < 1.29 is 132 Å². The number of nitrogens with zero attached hydrogens (tertiary/aromatic N) is 7. The first-order chi connectivity index (χ1) is 26.5. The molecule has 0 radical (unpaired) electrons. The molecule has 0 spiro atoms. The van der Waals surface area contributed by atoms with Crippen LogP contribution in [0.15, 0.2) is 160 Å². The van der Waals surface area contributed by atoms with Crippen LogP contribution in [-0.2, 0) is 30.4 Å². The van der Waals surface area contributed by atoms with Crippen molar-refractivity contribution in [2.24, 2.45) is 35.8 Å². The summed E-state index contributed by atoms with van der Waals surface area (Å²) in [5.74, 6) is -0.916. The number of carbonyl (C=O) groups is 1. The summed E-state index contributed by atoms with van der Waals surface area (Å²) in [6.45, 7) is 0. The number of nitrogen functional groups attached to an aromatic ring is 1. The van der Waals surface area contributed by atoms with Crippen LogP contribution in [0.2, 0.25) is 0 Å². The molecule has 0 saturated carbocycles. The van der Waals surface area contributed by atoms with Gasteiger partial charge in [0.1, 0.15) is 41.8 Å². The Hall–Kier alpha value is -3.69. The van der Waals surface area contributed by atoms with Gasteiger partial charge in [0.25, 0.3) is 0 Å². The van der Waals surface area contributed by atoms with E-state index < -0.39 is 56.5 Å². The number of anilines is 2. The Kier molecular flexibility index (Phi) is 17.4. The van der Waals surface area contributed by atoms with Crippen molar-refractivity contribution in [2.75, 3.05) is 11.2 Å². The van der Waals surface area contributed by atoms with Crippen molar-refractivity contribution in [2.45, 2.75) is 9.79 Å². The predicted molar refractivity (Wildman–Crippen MR) is 198 cm³/mol. The molecule has 0 fully saturated rings. The van der Waals surface area contributed by atoms with Crippen LogP contribution in [0, 0.1) is 0 Å². The fourth-order valence-electron chi connectivity index (χ4n) is 4.82. The number of hydrazone groups is 1. The van der Waals surface area contributed by atoms with Crippen molar-refractivity contribution in [1.29, 1.82) is 0 Å². The first-order valence-electron chi connectivity index (χ1n) is 15.5. The Morgan fingerprint density at radius 1 is 0.492 bits per heavy atom. The zero-order valence-electron chi connectivity index (χ0n) is 31.0. The summed E-state index contributed by atoms with van der Waals surface area (Å²) in [6, 6.07) is 24.4. The topological polar surface area (TPSA) is 313 Å². The number of nitrogens with one attached hydrogen (secondary N) is 1. The van der Waals surface area contributed by atoms with Gasteiger partial charge < -0.3 is 19.4 Å². The van der Waals surface area contributed by atoms with E-state index in [2.05, 4.69) is 41.2 Å². The summed E-state index contributed by atoms with van der Waals surface area (Å²) < 4.78 is 104. The second-order valence-electron chi connectivity index (χ2n) is 11.4. The van der Waals surface area contributed by atoms with Crippen LogP contribution in [0.5, 0.6) is 0 Å². The van der Waals surface area contributed by atoms with E-state index in [1.165, 1.54) is 84.9 Å². The fourth-order valence-corrected chi connectivity index (χ4v) is 6.40. The molecular weight excluding hydrogens is 860 g/mol. The molecule has 6 rings (SSSR count). The molecule has 0 unspecified atom stereocenters. The number of hydrogen-bond acceptors (Lipinski definition) is 19. The van der Waals surface area contributed by atoms with Gasteiger partial charge in [0.15, 0.2) is 0 Å². The van der Waals surface area contributed by atoms with Crippen LogP contribution in [0.4, 0.5) is 45.5 Å². The molecule has 3 N–H and O–H groups in total. The SMILES string of the molecule is Nc1ccc2c(c1N=Nc1ccc(N=Nc3ccc(S(=O)(=O)[O-])cc3)cc1)C=C(S(=O)(=O)[O-])/C(=N\Nc1ccc(N=Nc3ccc(S(=O)(=O)[O-])cc3)cc1)C2=O.[Na+].[Na+].[Na+]. The Balaban J connectivity index is 0.00000310. The van der Waals surface area contributed by atoms with Crippen molar-refractivity contribution in [3.63, 3.8) is 0 Å². The molecule has 0 bridgehead atoms. The fraction of sp³-hybridized carbons (Fsp3) is 0. The third-order valence-electron chi connectivity index (χ3n) is 7.58. The zero-order valence-corrected chi connectivity index (χ0v) is 39.4. The molecule has 59 heavy (non-hydrogen) atoms. The molecule has 0 saturated heterocycles. The molecule has 25 heteroatoms. The van der Waals surface area contributed by atoms with Crippen LogP contribution in [-0.4, -0.2) is 50.4 Å². The van der Waals surface area contributed by atoms with E-state index in [1.807, 2.05) is 0 Å². The first kappa shape index (κ1) is 49.7. The van der Waals surface area contributed by atoms with Gasteiger partial charge in [-0.05, 0) is 115 Å². The van der Waals surface area contributed by atoms with Crippen LogP contribution in [0.3, 0.4) is 0 Å². The van der Waals surface area contributed by atoms with Crippen LogP contribution in [0.25, 0.3) is 6.08 Å². The summed E-state index contributed by atoms with van der Waals surface area (Å²) in [6.07, 6.45) is 0.940. The molecule has 0 aliphatic heterocycles. The number of allylic oxidation sites excluding steroid dienone is 1. The largest absolute Gasteiger partial charge is 1.00 e. The maximum Gasteiger partial charge on any atom is 1.00 e. The van der Waals surface area contributed by atoms with Gasteiger partial charge in [-0.3, -0.25) is 10.2 Å². The van der Waals surface area contributed by atoms with E-state index in [4.69, 9.17) is 5.73 Å². The number of Topliss-reactive ketones (excluding diaryl/α,β-unsaturated/α-hetero) is 1. The summed E-state index contributed by atoms with van der Waals surface area (Å²) in [5, 5.41) is 28.2. The Morgan fingerprint density at radius 3 is 1.25 bits per heavy atom. The number of benzene rings is 5. The minimum Gasteiger partial charge on any atom is -0.744 e. The minimum atomic E-state index is -5.27. The second kappa shape index (κ2) is 20.7. The van der Waals surface area contributed by atoms with Crippen molar-refractivity contribution in [3.05, 3.63) is 125 Å². The van der Waals surface area contributed by atoms with Crippen LogP contribution >= 0.6 is 0 Å². The molecule has 1 aliphatic rings. The van der Waals surface area contributed by atoms with E-state index in [0.29, 0.717) is 17.1 Å². The molecule has 0 aromatic heterocycles. The molecular formula is C34H22N9Na3O10S3. The van der Waals surface area contributed by atoms with E-state index in [9.17, 15) is 43.7 Å². The van der Waals surface area contributed by atoms with Crippen molar-refractivity contribution in [1.82, 2.24) is 0 Å². The molecule has 0 amide bonds. The zero-order chi connectivity index (χ0) is 40.3. The molecule has 284 valence electrons. The smallest absolute Gasteiger partial charge is 0.744 e. The van der Waals surface area contributed by atoms with E-state index in [0.717, 1.165) is 30.3 Å². The summed E-state index contributed by atoms with van der Waals surface area (Å²) in [7, 11) is -14.5. The van der Waals surface area contributed by atoms with Gasteiger partial charge in [0, 0.05) is 11.1 Å². The van der Waals surface area contributed by atoms with Crippen LogP contribution in [0.1, 0.15) is 15.9 Å². The Bertz CT molecular complexity index is 2860. The quantitative estimate of drug-likeness (QED) is 0.0473. The number of ketones is 1. The predicted octanol–water partition coefficient (Wildman–Crippen LogP) is -2.11. The second-order valence-corrected chi connectivity index (χ2v) is 15.5. The Labute approximate surface area is 403 Å². The molecule has 5 aromatic carbocycles. The Morgan fingerprint density at radius 2 is 0.864 bits per heavy atom. The normalized spacial score (nSPS) is 13.7. The minimum absolute atomic E-state index is 0. The third-order valence-corrected chi connectivity index (χ3v) is 10.1. The van der Waals surface area contributed by atoms with Crippen LogP contribution < -0.4 is 99.8 Å². The summed E-state index contributed by atoms with van der Waals surface area (Å²) >= 11 is 0. The summed E-state index contributed by atoms with van der Waals surface area (Å²) in [5.41, 5.74) is 9.63. The van der Waals surface area contributed by atoms with E-state index >= 15 is 0 Å². The van der Waals surface area contributed by atoms with E-state index in [1.54, 1.807) is 0 Å². The number of hydrogen-bond donors (Lipinski definition) is 2. The first-order valence-corrected chi connectivity index (χ1v) is 19.7. The number of azo groups is 3. The van der Waals surface area contributed by atoms with Gasteiger partial charge in [-0.15, -0.1) is 5.11 Å². The molecule has 0 atom stereocenters. The number of fused-ring (bicyclic) bond motifs is 1. The van der Waals surface area contributed by atoms with Crippen molar-refractivity contribution >= 4 is 93.4 Å². The third kappa shape index (κ3) is 12.9. The van der Waals surface area contributed by atoms with Gasteiger partial charge >= 0.3 is 88.7 Å². The average molecular weight is 882 g/mol. The van der Waals surface area contributed by atoms with Gasteiger partial charge in [-0.1, -0.05) is 0 Å². The van der Waals surface area contributed by atoms with Crippen molar-refractivity contribution in [3.8, 4) is 0 Å².